The minimum absolute atomic E-state index is 0.0532. The van der Waals surface area contributed by atoms with Crippen molar-refractivity contribution in [1.82, 2.24) is 14.8 Å². The Balaban J connectivity index is 2.46. The predicted molar refractivity (Wildman–Crippen MR) is 72.5 cm³/mol. The van der Waals surface area contributed by atoms with Crippen molar-refractivity contribution in [2.75, 3.05) is 5.73 Å². The normalized spacial score (nSPS) is 11.7. The van der Waals surface area contributed by atoms with E-state index in [4.69, 9.17) is 17.3 Å². The Kier molecular flexibility index (Phi) is 3.51. The fourth-order valence-corrected chi connectivity index (χ4v) is 3.60. The van der Waals surface area contributed by atoms with Crippen LogP contribution < -0.4 is 5.73 Å². The quantitative estimate of drug-likeness (QED) is 0.923. The number of halogens is 1. The van der Waals surface area contributed by atoms with Gasteiger partial charge in [-0.3, -0.25) is 9.67 Å². The third kappa shape index (κ3) is 2.57. The van der Waals surface area contributed by atoms with Gasteiger partial charge in [0.2, 0.25) is 0 Å². The summed E-state index contributed by atoms with van der Waals surface area (Å²) in [5.41, 5.74) is 6.80. The topological polar surface area (TPSA) is 90.9 Å². The van der Waals surface area contributed by atoms with Crippen LogP contribution in [0.15, 0.2) is 23.4 Å². The zero-order valence-corrected chi connectivity index (χ0v) is 12.0. The van der Waals surface area contributed by atoms with Gasteiger partial charge in [-0.15, -0.1) is 0 Å². The van der Waals surface area contributed by atoms with Crippen molar-refractivity contribution in [3.8, 4) is 0 Å². The number of anilines is 1. The van der Waals surface area contributed by atoms with Crippen LogP contribution in [0.2, 0.25) is 5.02 Å². The van der Waals surface area contributed by atoms with E-state index in [1.165, 1.54) is 23.1 Å². The van der Waals surface area contributed by atoms with Crippen LogP contribution in [0.4, 0.5) is 5.69 Å². The lowest BCUT2D eigenvalue weighted by atomic mass is 10.4. The van der Waals surface area contributed by atoms with Crippen LogP contribution in [0.5, 0.6) is 0 Å². The molecule has 0 bridgehead atoms. The first-order valence-corrected chi connectivity index (χ1v) is 7.46. The van der Waals surface area contributed by atoms with Gasteiger partial charge >= 0.3 is 0 Å². The molecular weight excluding hydrogens is 288 g/mol. The van der Waals surface area contributed by atoms with Crippen molar-refractivity contribution in [2.24, 2.45) is 7.05 Å². The minimum Gasteiger partial charge on any atom is -0.396 e. The molecule has 0 unspecified atom stereocenters. The molecule has 0 saturated heterocycles. The number of aromatic nitrogens is 3. The van der Waals surface area contributed by atoms with Crippen LogP contribution in [0.1, 0.15) is 11.4 Å². The van der Waals surface area contributed by atoms with Crippen molar-refractivity contribution in [3.05, 3.63) is 34.9 Å². The number of nitrogens with two attached hydrogens (primary N) is 1. The van der Waals surface area contributed by atoms with Gasteiger partial charge in [-0.25, -0.2) is 8.42 Å². The van der Waals surface area contributed by atoms with Gasteiger partial charge in [0.15, 0.2) is 9.84 Å². The molecular formula is C11H13ClN4O2S. The second kappa shape index (κ2) is 4.82. The van der Waals surface area contributed by atoms with E-state index >= 15 is 0 Å². The molecule has 2 aromatic rings. The van der Waals surface area contributed by atoms with E-state index in [0.717, 1.165) is 0 Å². The second-order valence-electron chi connectivity index (χ2n) is 4.14. The molecule has 0 saturated carbocycles. The number of nitrogens with zero attached hydrogens (tertiary/aromatic N) is 3. The van der Waals surface area contributed by atoms with Gasteiger partial charge in [0.05, 0.1) is 38.9 Å². The molecule has 0 aliphatic carbocycles. The first-order chi connectivity index (χ1) is 8.83. The molecule has 0 spiro atoms. The average Bonchev–Trinajstić information content (AvgIpc) is 2.56. The summed E-state index contributed by atoms with van der Waals surface area (Å²) in [5.74, 6) is -0.253. The minimum atomic E-state index is -3.59. The summed E-state index contributed by atoms with van der Waals surface area (Å²) in [4.78, 5) is 3.82. The Morgan fingerprint density at radius 1 is 1.47 bits per heavy atom. The van der Waals surface area contributed by atoms with Crippen LogP contribution in [0.3, 0.4) is 0 Å². The largest absolute Gasteiger partial charge is 0.396 e. The molecule has 8 heteroatoms. The van der Waals surface area contributed by atoms with Crippen molar-refractivity contribution in [2.45, 2.75) is 17.6 Å². The number of sulfone groups is 1. The summed E-state index contributed by atoms with van der Waals surface area (Å²) in [6, 6.07) is 1.38. The number of aryl methyl sites for hydroxylation is 2. The summed E-state index contributed by atoms with van der Waals surface area (Å²) < 4.78 is 26.1. The maximum absolute atomic E-state index is 12.3. The molecule has 0 radical (unpaired) electrons. The van der Waals surface area contributed by atoms with E-state index in [0.29, 0.717) is 16.4 Å². The number of hydrogen-bond acceptors (Lipinski definition) is 5. The first-order valence-electron chi connectivity index (χ1n) is 5.43. The highest BCUT2D eigenvalue weighted by Crippen LogP contribution is 2.26. The van der Waals surface area contributed by atoms with E-state index < -0.39 is 9.84 Å². The lowest BCUT2D eigenvalue weighted by molar-refractivity contribution is 0.592. The molecule has 102 valence electrons. The standard InChI is InChI=1S/C11H13ClN4O2S/c1-7-11(12)9(16(2)15-7)6-19(17,18)10-3-4-14-5-8(10)13/h3-5H,6,13H2,1-2H3. The Morgan fingerprint density at radius 2 is 2.16 bits per heavy atom. The summed E-state index contributed by atoms with van der Waals surface area (Å²) in [5, 5.41) is 4.45. The Morgan fingerprint density at radius 3 is 2.68 bits per heavy atom. The van der Waals surface area contributed by atoms with Gasteiger partial charge in [-0.1, -0.05) is 11.6 Å². The highest BCUT2D eigenvalue weighted by molar-refractivity contribution is 7.90. The van der Waals surface area contributed by atoms with Gasteiger partial charge in [-0.2, -0.15) is 5.10 Å². The molecule has 0 atom stereocenters. The smallest absolute Gasteiger partial charge is 0.186 e. The van der Waals surface area contributed by atoms with E-state index in [1.807, 2.05) is 0 Å². The highest BCUT2D eigenvalue weighted by atomic mass is 35.5. The van der Waals surface area contributed by atoms with Gasteiger partial charge < -0.3 is 5.73 Å². The molecule has 2 heterocycles. The van der Waals surface area contributed by atoms with Crippen LogP contribution in [-0.2, 0) is 22.6 Å². The molecule has 2 N–H and O–H groups in total. The zero-order valence-electron chi connectivity index (χ0n) is 10.5. The number of pyridine rings is 1. The third-order valence-corrected chi connectivity index (χ3v) is 4.92. The summed E-state index contributed by atoms with van der Waals surface area (Å²) in [6.07, 6.45) is 2.70. The van der Waals surface area contributed by atoms with Crippen molar-refractivity contribution >= 4 is 27.1 Å². The molecule has 6 nitrogen and oxygen atoms in total. The molecule has 19 heavy (non-hydrogen) atoms. The number of nitrogen functional groups attached to an aromatic ring is 1. The molecule has 0 amide bonds. The maximum Gasteiger partial charge on any atom is 0.186 e. The van der Waals surface area contributed by atoms with E-state index in [-0.39, 0.29) is 16.3 Å². The molecule has 2 aromatic heterocycles. The molecule has 0 aromatic carbocycles. The van der Waals surface area contributed by atoms with Gasteiger partial charge in [0, 0.05) is 13.2 Å². The summed E-state index contributed by atoms with van der Waals surface area (Å²) >= 11 is 6.06. The Labute approximate surface area is 116 Å². The Hall–Kier alpha value is -1.60. The zero-order chi connectivity index (χ0) is 14.2. The Bertz CT molecular complexity index is 724. The SMILES string of the molecule is Cc1nn(C)c(CS(=O)(=O)c2ccncc2N)c1Cl. The lowest BCUT2D eigenvalue weighted by Crippen LogP contribution is -2.11. The van der Waals surface area contributed by atoms with Gasteiger partial charge in [-0.05, 0) is 13.0 Å². The molecule has 0 aliphatic heterocycles. The van der Waals surface area contributed by atoms with E-state index in [1.54, 1.807) is 14.0 Å². The van der Waals surface area contributed by atoms with Crippen LogP contribution in [0, 0.1) is 6.92 Å². The highest BCUT2D eigenvalue weighted by Gasteiger charge is 2.23. The van der Waals surface area contributed by atoms with Crippen molar-refractivity contribution < 1.29 is 8.42 Å². The van der Waals surface area contributed by atoms with Gasteiger partial charge in [0.25, 0.3) is 0 Å². The van der Waals surface area contributed by atoms with E-state index in [2.05, 4.69) is 10.1 Å². The fourth-order valence-electron chi connectivity index (χ4n) is 1.77. The number of rotatable bonds is 3. The van der Waals surface area contributed by atoms with Crippen LogP contribution in [0.25, 0.3) is 0 Å². The second-order valence-corrected chi connectivity index (χ2v) is 6.48. The number of hydrogen-bond donors (Lipinski definition) is 1. The monoisotopic (exact) mass is 300 g/mol. The predicted octanol–water partition coefficient (Wildman–Crippen LogP) is 1.33. The lowest BCUT2D eigenvalue weighted by Gasteiger charge is -2.07. The summed E-state index contributed by atoms with van der Waals surface area (Å²) in [7, 11) is -1.93. The van der Waals surface area contributed by atoms with E-state index in [9.17, 15) is 8.42 Å². The van der Waals surface area contributed by atoms with Crippen LogP contribution >= 0.6 is 11.6 Å². The summed E-state index contributed by atoms with van der Waals surface area (Å²) in [6.45, 7) is 1.72. The fraction of sp³-hybridized carbons (Fsp3) is 0.273. The third-order valence-electron chi connectivity index (χ3n) is 2.73. The first kappa shape index (κ1) is 13.8. The average molecular weight is 301 g/mol. The maximum atomic E-state index is 12.3. The van der Waals surface area contributed by atoms with Crippen molar-refractivity contribution in [3.63, 3.8) is 0 Å². The molecule has 2 rings (SSSR count). The molecule has 0 aliphatic rings. The molecule has 0 fully saturated rings. The van der Waals surface area contributed by atoms with Crippen LogP contribution in [-0.4, -0.2) is 23.2 Å². The van der Waals surface area contributed by atoms with Gasteiger partial charge in [0.1, 0.15) is 0 Å². The van der Waals surface area contributed by atoms with Crippen molar-refractivity contribution in [1.29, 1.82) is 0 Å².